The first-order valence-corrected chi connectivity index (χ1v) is 7.19. The second kappa shape index (κ2) is 5.83. The number of rotatable bonds is 4. The minimum Gasteiger partial charge on any atom is -0.496 e. The third-order valence-electron chi connectivity index (χ3n) is 3.95. The van der Waals surface area contributed by atoms with Crippen LogP contribution in [0.4, 0.5) is 0 Å². The first-order valence-electron chi connectivity index (χ1n) is 6.76. The fourth-order valence-electron chi connectivity index (χ4n) is 2.33. The Bertz CT molecular complexity index is 562. The van der Waals surface area contributed by atoms with E-state index in [1.807, 2.05) is 12.1 Å². The summed E-state index contributed by atoms with van der Waals surface area (Å²) in [7, 11) is 1.70. The summed E-state index contributed by atoms with van der Waals surface area (Å²) in [5.41, 5.74) is 1.19. The van der Waals surface area contributed by atoms with Crippen LogP contribution in [0.3, 0.4) is 0 Å². The molecular formula is C17H21ClO. The Morgan fingerprint density at radius 2 is 1.58 bits per heavy atom. The lowest BCUT2D eigenvalue weighted by Gasteiger charge is -2.23. The van der Waals surface area contributed by atoms with Gasteiger partial charge in [0.2, 0.25) is 0 Å². The summed E-state index contributed by atoms with van der Waals surface area (Å²) in [6.45, 7) is 6.64. The number of hydrogen-bond donors (Lipinski definition) is 0. The van der Waals surface area contributed by atoms with Gasteiger partial charge < -0.3 is 4.74 Å². The van der Waals surface area contributed by atoms with E-state index >= 15 is 0 Å². The van der Waals surface area contributed by atoms with Gasteiger partial charge in [-0.25, -0.2) is 0 Å². The van der Waals surface area contributed by atoms with Gasteiger partial charge in [0.15, 0.2) is 0 Å². The highest BCUT2D eigenvalue weighted by Gasteiger charge is 2.22. The molecule has 0 aliphatic rings. The monoisotopic (exact) mass is 276 g/mol. The molecule has 2 aromatic rings. The van der Waals surface area contributed by atoms with Gasteiger partial charge in [-0.15, -0.1) is 11.6 Å². The summed E-state index contributed by atoms with van der Waals surface area (Å²) in [5.74, 6) is 1.89. The fourth-order valence-corrected chi connectivity index (χ4v) is 2.82. The van der Waals surface area contributed by atoms with Gasteiger partial charge in [-0.05, 0) is 28.9 Å². The number of alkyl halides is 1. The minimum atomic E-state index is 0.0239. The first kappa shape index (κ1) is 14.2. The summed E-state index contributed by atoms with van der Waals surface area (Å²) in [6, 6.07) is 12.4. The van der Waals surface area contributed by atoms with Crippen molar-refractivity contribution >= 4 is 22.4 Å². The molecule has 0 aliphatic carbocycles. The highest BCUT2D eigenvalue weighted by molar-refractivity contribution is 6.22. The molecule has 2 aromatic carbocycles. The molecule has 0 aliphatic heterocycles. The molecule has 0 fully saturated rings. The van der Waals surface area contributed by atoms with Gasteiger partial charge in [0.05, 0.1) is 12.5 Å². The molecule has 2 rings (SSSR count). The third kappa shape index (κ3) is 2.71. The van der Waals surface area contributed by atoms with Crippen LogP contribution in [0.15, 0.2) is 36.4 Å². The average molecular weight is 277 g/mol. The van der Waals surface area contributed by atoms with Crippen LogP contribution in [-0.4, -0.2) is 7.11 Å². The van der Waals surface area contributed by atoms with Crippen molar-refractivity contribution in [2.75, 3.05) is 7.11 Å². The molecule has 0 amide bonds. The van der Waals surface area contributed by atoms with E-state index in [0.29, 0.717) is 11.8 Å². The van der Waals surface area contributed by atoms with Crippen molar-refractivity contribution in [3.63, 3.8) is 0 Å². The second-order valence-corrected chi connectivity index (χ2v) is 5.88. The molecule has 102 valence electrons. The van der Waals surface area contributed by atoms with Crippen LogP contribution in [-0.2, 0) is 0 Å². The lowest BCUT2D eigenvalue weighted by Crippen LogP contribution is -2.11. The molecular weight excluding hydrogens is 256 g/mol. The molecule has 0 aromatic heterocycles. The number of fused-ring (bicyclic) bond motifs is 1. The van der Waals surface area contributed by atoms with Crippen LogP contribution in [0.5, 0.6) is 5.75 Å². The van der Waals surface area contributed by atoms with E-state index < -0.39 is 0 Å². The van der Waals surface area contributed by atoms with Gasteiger partial charge in [0.1, 0.15) is 5.75 Å². The van der Waals surface area contributed by atoms with Crippen molar-refractivity contribution in [1.82, 2.24) is 0 Å². The van der Waals surface area contributed by atoms with Crippen molar-refractivity contribution < 1.29 is 4.74 Å². The Morgan fingerprint density at radius 1 is 0.947 bits per heavy atom. The average Bonchev–Trinajstić information content (AvgIpc) is 2.44. The molecule has 2 unspecified atom stereocenters. The maximum Gasteiger partial charge on any atom is 0.126 e. The Balaban J connectivity index is 2.56. The number of hydrogen-bond acceptors (Lipinski definition) is 1. The molecule has 19 heavy (non-hydrogen) atoms. The van der Waals surface area contributed by atoms with Crippen LogP contribution >= 0.6 is 11.6 Å². The summed E-state index contributed by atoms with van der Waals surface area (Å²) in [4.78, 5) is 0. The van der Waals surface area contributed by atoms with Gasteiger partial charge in [0, 0.05) is 5.39 Å². The number of benzene rings is 2. The zero-order valence-electron chi connectivity index (χ0n) is 12.0. The second-order valence-electron chi connectivity index (χ2n) is 5.41. The molecule has 0 saturated heterocycles. The molecule has 0 spiro atoms. The van der Waals surface area contributed by atoms with Crippen molar-refractivity contribution in [2.24, 2.45) is 11.8 Å². The Morgan fingerprint density at radius 3 is 2.16 bits per heavy atom. The summed E-state index contributed by atoms with van der Waals surface area (Å²) in [5, 5.41) is 2.34. The van der Waals surface area contributed by atoms with Crippen molar-refractivity contribution in [2.45, 2.75) is 26.1 Å². The largest absolute Gasteiger partial charge is 0.496 e. The van der Waals surface area contributed by atoms with Gasteiger partial charge in [-0.3, -0.25) is 0 Å². The standard InChI is InChI=1S/C17H21ClO/c1-11(2)12(3)17(18)15-9-10-16(19-4)14-8-6-5-7-13(14)15/h5-12,17H,1-4H3. The topological polar surface area (TPSA) is 9.23 Å². The molecule has 0 bridgehead atoms. The molecule has 0 saturated carbocycles. The zero-order valence-corrected chi connectivity index (χ0v) is 12.7. The van der Waals surface area contributed by atoms with Gasteiger partial charge in [-0.2, -0.15) is 0 Å². The summed E-state index contributed by atoms with van der Waals surface area (Å²) >= 11 is 6.69. The first-order chi connectivity index (χ1) is 9.06. The van der Waals surface area contributed by atoms with Gasteiger partial charge >= 0.3 is 0 Å². The van der Waals surface area contributed by atoms with Crippen molar-refractivity contribution in [3.05, 3.63) is 42.0 Å². The Hall–Kier alpha value is -1.21. The fraction of sp³-hybridized carbons (Fsp3) is 0.412. The lowest BCUT2D eigenvalue weighted by molar-refractivity contribution is 0.406. The SMILES string of the molecule is COc1ccc(C(Cl)C(C)C(C)C)c2ccccc12. The predicted molar refractivity (Wildman–Crippen MR) is 83.1 cm³/mol. The summed E-state index contributed by atoms with van der Waals surface area (Å²) in [6.07, 6.45) is 0. The van der Waals surface area contributed by atoms with Crippen LogP contribution in [0.2, 0.25) is 0 Å². The number of ether oxygens (including phenoxy) is 1. The molecule has 2 atom stereocenters. The molecule has 1 nitrogen and oxygen atoms in total. The van der Waals surface area contributed by atoms with Crippen LogP contribution < -0.4 is 4.74 Å². The van der Waals surface area contributed by atoms with Gasteiger partial charge in [-0.1, -0.05) is 51.1 Å². The maximum absolute atomic E-state index is 6.69. The van der Waals surface area contributed by atoms with E-state index in [1.165, 1.54) is 10.9 Å². The Labute approximate surface area is 120 Å². The Kier molecular flexibility index (Phi) is 4.36. The minimum absolute atomic E-state index is 0.0239. The maximum atomic E-state index is 6.69. The van der Waals surface area contributed by atoms with Crippen LogP contribution in [0.25, 0.3) is 10.8 Å². The van der Waals surface area contributed by atoms with E-state index in [-0.39, 0.29) is 5.38 Å². The highest BCUT2D eigenvalue weighted by atomic mass is 35.5. The molecule has 2 heteroatoms. The highest BCUT2D eigenvalue weighted by Crippen LogP contribution is 2.39. The quantitative estimate of drug-likeness (QED) is 0.678. The van der Waals surface area contributed by atoms with Crippen molar-refractivity contribution in [3.8, 4) is 5.75 Å². The smallest absolute Gasteiger partial charge is 0.126 e. The number of methoxy groups -OCH3 is 1. The third-order valence-corrected chi connectivity index (χ3v) is 4.58. The van der Waals surface area contributed by atoms with E-state index in [4.69, 9.17) is 16.3 Å². The lowest BCUT2D eigenvalue weighted by atomic mass is 9.88. The number of halogens is 1. The molecule has 0 heterocycles. The van der Waals surface area contributed by atoms with E-state index in [0.717, 1.165) is 11.1 Å². The normalized spacial score (nSPS) is 14.6. The van der Waals surface area contributed by atoms with Crippen LogP contribution in [0.1, 0.15) is 31.7 Å². The van der Waals surface area contributed by atoms with E-state index in [2.05, 4.69) is 45.0 Å². The molecule has 0 N–H and O–H groups in total. The molecule has 0 radical (unpaired) electrons. The van der Waals surface area contributed by atoms with Crippen LogP contribution in [0, 0.1) is 11.8 Å². The predicted octanol–water partition coefficient (Wildman–Crippen LogP) is 5.42. The zero-order chi connectivity index (χ0) is 14.0. The summed E-state index contributed by atoms with van der Waals surface area (Å²) < 4.78 is 5.43. The van der Waals surface area contributed by atoms with Gasteiger partial charge in [0.25, 0.3) is 0 Å². The van der Waals surface area contributed by atoms with Crippen molar-refractivity contribution in [1.29, 1.82) is 0 Å². The van der Waals surface area contributed by atoms with E-state index in [1.54, 1.807) is 7.11 Å². The van der Waals surface area contributed by atoms with E-state index in [9.17, 15) is 0 Å².